The number of hydrogen-bond acceptors (Lipinski definition) is 4. The summed E-state index contributed by atoms with van der Waals surface area (Å²) < 4.78 is 4.80. The molecule has 0 aromatic carbocycles. The molecule has 0 aliphatic rings. The molecule has 0 heterocycles. The van der Waals surface area contributed by atoms with Crippen LogP contribution in [0.25, 0.3) is 0 Å². The van der Waals surface area contributed by atoms with Crippen LogP contribution < -0.4 is 0 Å². The molecule has 0 saturated carbocycles. The number of carbonyl (C=O) groups excluding carboxylic acids is 2. The van der Waals surface area contributed by atoms with E-state index in [1.54, 1.807) is 0 Å². The van der Waals surface area contributed by atoms with Crippen molar-refractivity contribution >= 4 is 11.9 Å². The van der Waals surface area contributed by atoms with E-state index >= 15 is 0 Å². The van der Waals surface area contributed by atoms with Crippen molar-refractivity contribution in [1.29, 1.82) is 0 Å². The van der Waals surface area contributed by atoms with Crippen molar-refractivity contribution in [2.45, 2.75) is 19.4 Å². The van der Waals surface area contributed by atoms with Gasteiger partial charge in [-0.2, -0.15) is 0 Å². The Morgan fingerprint density at radius 1 is 1.57 bits per heavy atom. The number of hydrogen-bond donors (Lipinski definition) is 0. The molecule has 0 N–H and O–H groups in total. The Labute approximate surface area is 83.2 Å². The molecule has 1 amide bonds. The molecule has 0 aromatic rings. The third-order valence-corrected chi connectivity index (χ3v) is 1.58. The molecule has 1 atom stereocenters. The molecule has 0 bridgehead atoms. The van der Waals surface area contributed by atoms with Gasteiger partial charge in [0.1, 0.15) is 6.10 Å². The van der Waals surface area contributed by atoms with E-state index in [0.29, 0.717) is 0 Å². The zero-order chi connectivity index (χ0) is 11.1. The van der Waals surface area contributed by atoms with Gasteiger partial charge in [-0.1, -0.05) is 12.7 Å². The summed E-state index contributed by atoms with van der Waals surface area (Å²) in [5, 5.41) is 1.07. The molecule has 0 aliphatic heterocycles. The molecule has 0 saturated heterocycles. The van der Waals surface area contributed by atoms with Crippen molar-refractivity contribution in [3.63, 3.8) is 0 Å². The lowest BCUT2D eigenvalue weighted by molar-refractivity contribution is -0.171. The Morgan fingerprint density at radius 3 is 2.50 bits per heavy atom. The summed E-state index contributed by atoms with van der Waals surface area (Å²) in [6.07, 6.45) is 0.841. The molecule has 0 fully saturated rings. The van der Waals surface area contributed by atoms with E-state index in [4.69, 9.17) is 4.74 Å². The topological polar surface area (TPSA) is 55.8 Å². The summed E-state index contributed by atoms with van der Waals surface area (Å²) in [6.45, 7) is 4.74. The second kappa shape index (κ2) is 6.15. The maximum Gasteiger partial charge on any atom is 0.303 e. The minimum absolute atomic E-state index is 0.0351. The Balaban J connectivity index is 4.11. The highest BCUT2D eigenvalue weighted by Crippen LogP contribution is 2.03. The van der Waals surface area contributed by atoms with Gasteiger partial charge in [-0.15, -0.1) is 0 Å². The Morgan fingerprint density at radius 2 is 2.14 bits per heavy atom. The molecule has 0 rings (SSSR count). The number of ether oxygens (including phenoxy) is 1. The Hall–Kier alpha value is -1.36. The normalized spacial score (nSPS) is 11.6. The third kappa shape index (κ3) is 4.61. The minimum Gasteiger partial charge on any atom is -0.458 e. The number of hydroxylamine groups is 2. The molecule has 0 aromatic heterocycles. The van der Waals surface area contributed by atoms with E-state index in [2.05, 4.69) is 11.4 Å². The zero-order valence-corrected chi connectivity index (χ0v) is 8.65. The van der Waals surface area contributed by atoms with E-state index in [-0.39, 0.29) is 12.3 Å². The molecule has 0 spiro atoms. The molecule has 14 heavy (non-hydrogen) atoms. The van der Waals surface area contributed by atoms with Gasteiger partial charge in [-0.3, -0.25) is 14.4 Å². The molecule has 5 nitrogen and oxygen atoms in total. The van der Waals surface area contributed by atoms with Gasteiger partial charge in [0.15, 0.2) is 0 Å². The first kappa shape index (κ1) is 12.6. The predicted octanol–water partition coefficient (Wildman–Crippen LogP) is 0.514. The van der Waals surface area contributed by atoms with Gasteiger partial charge in [-0.25, -0.2) is 5.06 Å². The summed E-state index contributed by atoms with van der Waals surface area (Å²) in [4.78, 5) is 26.6. The van der Waals surface area contributed by atoms with E-state index in [1.165, 1.54) is 27.2 Å². The van der Waals surface area contributed by atoms with Gasteiger partial charge in [0.05, 0.1) is 13.5 Å². The molecule has 80 valence electrons. The van der Waals surface area contributed by atoms with Crippen LogP contribution >= 0.6 is 0 Å². The first-order chi connectivity index (χ1) is 6.51. The number of amides is 1. The average molecular weight is 201 g/mol. The second-order valence-corrected chi connectivity index (χ2v) is 2.66. The molecule has 0 aliphatic carbocycles. The van der Waals surface area contributed by atoms with Crippen molar-refractivity contribution in [3.05, 3.63) is 12.7 Å². The second-order valence-electron chi connectivity index (χ2n) is 2.66. The third-order valence-electron chi connectivity index (χ3n) is 1.58. The summed E-state index contributed by atoms with van der Waals surface area (Å²) in [7, 11) is 2.86. The Kier molecular flexibility index (Phi) is 5.55. The molecule has 5 heteroatoms. The van der Waals surface area contributed by atoms with Crippen LogP contribution in [0.5, 0.6) is 0 Å². The van der Waals surface area contributed by atoms with Crippen molar-refractivity contribution < 1.29 is 19.2 Å². The van der Waals surface area contributed by atoms with Crippen molar-refractivity contribution in [2.24, 2.45) is 0 Å². The van der Waals surface area contributed by atoms with E-state index in [9.17, 15) is 9.59 Å². The summed E-state index contributed by atoms with van der Waals surface area (Å²) in [6, 6.07) is 0. The molecule has 0 radical (unpaired) electrons. The fourth-order valence-electron chi connectivity index (χ4n) is 0.789. The standard InChI is InChI=1S/C9H15NO4/c1-5-8(14-7(2)11)6-9(12)10(3)13-4/h5,8H,1,6H2,2-4H3/t8-/m1/s1. The molecular formula is C9H15NO4. The van der Waals surface area contributed by atoms with Crippen LogP contribution in [-0.2, 0) is 19.2 Å². The quantitative estimate of drug-likeness (QED) is 0.369. The Bertz CT molecular complexity index is 227. The lowest BCUT2D eigenvalue weighted by Gasteiger charge is -2.17. The number of esters is 1. The van der Waals surface area contributed by atoms with Gasteiger partial charge in [-0.05, 0) is 0 Å². The maximum atomic E-state index is 11.3. The fourth-order valence-corrected chi connectivity index (χ4v) is 0.789. The van der Waals surface area contributed by atoms with Gasteiger partial charge < -0.3 is 4.74 Å². The maximum absolute atomic E-state index is 11.3. The van der Waals surface area contributed by atoms with Crippen LogP contribution in [0.1, 0.15) is 13.3 Å². The predicted molar refractivity (Wildman–Crippen MR) is 50.1 cm³/mol. The van der Waals surface area contributed by atoms with Gasteiger partial charge in [0.2, 0.25) is 5.91 Å². The van der Waals surface area contributed by atoms with Gasteiger partial charge in [0, 0.05) is 14.0 Å². The van der Waals surface area contributed by atoms with Crippen molar-refractivity contribution in [1.82, 2.24) is 5.06 Å². The summed E-state index contributed by atoms with van der Waals surface area (Å²) in [5.41, 5.74) is 0. The average Bonchev–Trinajstić information content (AvgIpc) is 2.14. The monoisotopic (exact) mass is 201 g/mol. The van der Waals surface area contributed by atoms with Crippen LogP contribution in [0, 0.1) is 0 Å². The smallest absolute Gasteiger partial charge is 0.303 e. The van der Waals surface area contributed by atoms with Gasteiger partial charge in [0.25, 0.3) is 0 Å². The van der Waals surface area contributed by atoms with Crippen LogP contribution in [0.15, 0.2) is 12.7 Å². The van der Waals surface area contributed by atoms with Gasteiger partial charge >= 0.3 is 5.97 Å². The molecule has 0 unspecified atom stereocenters. The zero-order valence-electron chi connectivity index (χ0n) is 8.65. The highest BCUT2D eigenvalue weighted by atomic mass is 16.7. The van der Waals surface area contributed by atoms with Crippen molar-refractivity contribution in [3.8, 4) is 0 Å². The highest BCUT2D eigenvalue weighted by molar-refractivity contribution is 5.76. The summed E-state index contributed by atoms with van der Waals surface area (Å²) >= 11 is 0. The summed E-state index contributed by atoms with van der Waals surface area (Å²) in [5.74, 6) is -0.721. The van der Waals surface area contributed by atoms with Crippen LogP contribution in [0.4, 0.5) is 0 Å². The fraction of sp³-hybridized carbons (Fsp3) is 0.556. The number of rotatable bonds is 5. The first-order valence-corrected chi connectivity index (χ1v) is 4.11. The first-order valence-electron chi connectivity index (χ1n) is 4.11. The van der Waals surface area contributed by atoms with E-state index in [1.807, 2.05) is 0 Å². The molecular weight excluding hydrogens is 186 g/mol. The lowest BCUT2D eigenvalue weighted by atomic mass is 10.2. The lowest BCUT2D eigenvalue weighted by Crippen LogP contribution is -2.29. The number of carbonyl (C=O) groups is 2. The van der Waals surface area contributed by atoms with Crippen LogP contribution in [0.2, 0.25) is 0 Å². The minimum atomic E-state index is -0.599. The number of nitrogens with zero attached hydrogens (tertiary/aromatic N) is 1. The largest absolute Gasteiger partial charge is 0.458 e. The van der Waals surface area contributed by atoms with E-state index < -0.39 is 12.1 Å². The van der Waals surface area contributed by atoms with Crippen LogP contribution in [0.3, 0.4) is 0 Å². The van der Waals surface area contributed by atoms with E-state index in [0.717, 1.165) is 5.06 Å². The SMILES string of the molecule is C=C[C@H](CC(=O)N(C)OC)OC(C)=O. The van der Waals surface area contributed by atoms with Crippen LogP contribution in [-0.4, -0.2) is 37.2 Å². The van der Waals surface area contributed by atoms with Crippen molar-refractivity contribution in [2.75, 3.05) is 14.2 Å². The highest BCUT2D eigenvalue weighted by Gasteiger charge is 2.16.